The van der Waals surface area contributed by atoms with E-state index < -0.39 is 5.97 Å². The van der Waals surface area contributed by atoms with E-state index in [-0.39, 0.29) is 11.9 Å². The predicted octanol–water partition coefficient (Wildman–Crippen LogP) is 3.05. The number of Topliss-reactive ketones (excluding diaryl/α,β-unsaturated/α-hetero) is 1. The minimum absolute atomic E-state index is 0.00654. The van der Waals surface area contributed by atoms with Crippen LogP contribution in [0.15, 0.2) is 48.5 Å². The number of carbonyl (C=O) groups excluding carboxylic acids is 2. The van der Waals surface area contributed by atoms with E-state index in [0.717, 1.165) is 5.56 Å². The van der Waals surface area contributed by atoms with Gasteiger partial charge in [0.1, 0.15) is 11.9 Å². The third-order valence-electron chi connectivity index (χ3n) is 3.71. The molecule has 0 amide bonds. The molecule has 0 spiro atoms. The van der Waals surface area contributed by atoms with E-state index in [1.54, 1.807) is 18.2 Å². The summed E-state index contributed by atoms with van der Waals surface area (Å²) in [5, 5.41) is 0. The van der Waals surface area contributed by atoms with Crippen LogP contribution in [0.5, 0.6) is 5.75 Å². The van der Waals surface area contributed by atoms with Crippen LogP contribution in [0.3, 0.4) is 0 Å². The van der Waals surface area contributed by atoms with Gasteiger partial charge in [-0.1, -0.05) is 30.3 Å². The van der Waals surface area contributed by atoms with Crippen LogP contribution >= 0.6 is 0 Å². The first-order valence-corrected chi connectivity index (χ1v) is 7.13. The summed E-state index contributed by atoms with van der Waals surface area (Å²) < 4.78 is 10.6. The molecule has 1 aliphatic heterocycles. The Bertz CT molecular complexity index is 706. The predicted molar refractivity (Wildman–Crippen MR) is 81.3 cm³/mol. The van der Waals surface area contributed by atoms with E-state index in [1.165, 1.54) is 7.11 Å². The van der Waals surface area contributed by atoms with Crippen LogP contribution in [0, 0.1) is 0 Å². The highest BCUT2D eigenvalue weighted by Crippen LogP contribution is 2.30. The normalized spacial score (nSPS) is 16.6. The van der Waals surface area contributed by atoms with Crippen molar-refractivity contribution in [2.24, 2.45) is 0 Å². The van der Waals surface area contributed by atoms with Crippen LogP contribution in [-0.4, -0.2) is 25.0 Å². The fourth-order valence-corrected chi connectivity index (χ4v) is 2.62. The molecule has 112 valence electrons. The molecule has 3 rings (SSSR count). The number of ether oxygens (including phenoxy) is 2. The molecule has 2 aromatic carbocycles. The van der Waals surface area contributed by atoms with E-state index in [9.17, 15) is 9.59 Å². The van der Waals surface area contributed by atoms with Crippen LogP contribution in [-0.2, 0) is 11.2 Å². The molecule has 0 aromatic heterocycles. The lowest BCUT2D eigenvalue weighted by Crippen LogP contribution is -2.29. The average Bonchev–Trinajstić information content (AvgIpc) is 2.55. The van der Waals surface area contributed by atoms with Crippen molar-refractivity contribution in [1.29, 1.82) is 0 Å². The second-order valence-corrected chi connectivity index (χ2v) is 5.26. The van der Waals surface area contributed by atoms with E-state index in [1.807, 2.05) is 30.3 Å². The maximum absolute atomic E-state index is 12.3. The van der Waals surface area contributed by atoms with Gasteiger partial charge in [0, 0.05) is 12.8 Å². The largest absolute Gasteiger partial charge is 0.489 e. The Balaban J connectivity index is 1.81. The number of hydrogen-bond donors (Lipinski definition) is 0. The summed E-state index contributed by atoms with van der Waals surface area (Å²) in [5.41, 5.74) is 1.95. The first-order valence-electron chi connectivity index (χ1n) is 7.13. The van der Waals surface area contributed by atoms with Gasteiger partial charge in [-0.15, -0.1) is 0 Å². The minimum Gasteiger partial charge on any atom is -0.489 e. The highest BCUT2D eigenvalue weighted by atomic mass is 16.5. The Morgan fingerprint density at radius 2 is 2.00 bits per heavy atom. The number of fused-ring (bicyclic) bond motifs is 1. The zero-order valence-corrected chi connectivity index (χ0v) is 12.2. The van der Waals surface area contributed by atoms with Crippen LogP contribution in [0.2, 0.25) is 0 Å². The van der Waals surface area contributed by atoms with Gasteiger partial charge in [0.2, 0.25) is 0 Å². The lowest BCUT2D eigenvalue weighted by atomic mass is 9.95. The second-order valence-electron chi connectivity index (χ2n) is 5.26. The first-order chi connectivity index (χ1) is 10.7. The minimum atomic E-state index is -0.456. The van der Waals surface area contributed by atoms with Crippen LogP contribution < -0.4 is 4.74 Å². The summed E-state index contributed by atoms with van der Waals surface area (Å²) in [7, 11) is 1.32. The van der Waals surface area contributed by atoms with Crippen molar-refractivity contribution in [2.45, 2.75) is 18.9 Å². The number of esters is 1. The molecule has 2 aromatic rings. The van der Waals surface area contributed by atoms with Crippen LogP contribution in [0.4, 0.5) is 0 Å². The van der Waals surface area contributed by atoms with Gasteiger partial charge in [-0.3, -0.25) is 4.79 Å². The summed E-state index contributed by atoms with van der Waals surface area (Å²) in [6.07, 6.45) is 0.823. The molecular formula is C18H16O4. The Hall–Kier alpha value is -2.62. The molecule has 0 radical (unpaired) electrons. The summed E-state index contributed by atoms with van der Waals surface area (Å²) in [6, 6.07) is 14.8. The number of hydrogen-bond acceptors (Lipinski definition) is 4. The lowest BCUT2D eigenvalue weighted by Gasteiger charge is -2.25. The zero-order chi connectivity index (χ0) is 15.5. The van der Waals surface area contributed by atoms with Crippen LogP contribution in [0.25, 0.3) is 0 Å². The van der Waals surface area contributed by atoms with Crippen LogP contribution in [0.1, 0.15) is 32.7 Å². The Morgan fingerprint density at radius 3 is 2.73 bits per heavy atom. The molecule has 0 N–H and O–H groups in total. The van der Waals surface area contributed by atoms with Gasteiger partial charge in [-0.05, 0) is 23.8 Å². The topological polar surface area (TPSA) is 52.6 Å². The van der Waals surface area contributed by atoms with E-state index in [4.69, 9.17) is 4.74 Å². The van der Waals surface area contributed by atoms with Gasteiger partial charge < -0.3 is 9.47 Å². The SMILES string of the molecule is COC(=O)c1ccc2c(c1)C(=O)CC(Cc1ccccc1)O2. The molecule has 4 nitrogen and oxygen atoms in total. The number of ketones is 1. The molecule has 1 heterocycles. The Labute approximate surface area is 128 Å². The van der Waals surface area contributed by atoms with Gasteiger partial charge in [0.05, 0.1) is 18.2 Å². The van der Waals surface area contributed by atoms with Crippen molar-refractivity contribution >= 4 is 11.8 Å². The summed E-state index contributed by atoms with van der Waals surface area (Å²) >= 11 is 0. The fraction of sp³-hybridized carbons (Fsp3) is 0.222. The molecule has 0 bridgehead atoms. The van der Waals surface area contributed by atoms with Gasteiger partial charge in [0.25, 0.3) is 0 Å². The maximum atomic E-state index is 12.3. The number of benzene rings is 2. The molecule has 4 heteroatoms. The van der Waals surface area contributed by atoms with Crippen molar-refractivity contribution in [1.82, 2.24) is 0 Å². The van der Waals surface area contributed by atoms with E-state index in [0.29, 0.717) is 29.7 Å². The first kappa shape index (κ1) is 14.3. The van der Waals surface area contributed by atoms with Crippen molar-refractivity contribution in [3.63, 3.8) is 0 Å². The number of rotatable bonds is 3. The van der Waals surface area contributed by atoms with Crippen molar-refractivity contribution in [2.75, 3.05) is 7.11 Å². The molecule has 1 aliphatic rings. The molecule has 0 saturated carbocycles. The standard InChI is InChI=1S/C18H16O4/c1-21-18(20)13-7-8-17-15(10-13)16(19)11-14(22-17)9-12-5-3-2-4-6-12/h2-8,10,14H,9,11H2,1H3. The van der Waals surface area contributed by atoms with Gasteiger partial charge in [-0.2, -0.15) is 0 Å². The highest BCUT2D eigenvalue weighted by molar-refractivity contribution is 6.02. The Morgan fingerprint density at radius 1 is 1.23 bits per heavy atom. The molecule has 0 fully saturated rings. The molecule has 22 heavy (non-hydrogen) atoms. The average molecular weight is 296 g/mol. The summed E-state index contributed by atoms with van der Waals surface area (Å²) in [4.78, 5) is 23.9. The third-order valence-corrected chi connectivity index (χ3v) is 3.71. The van der Waals surface area contributed by atoms with Crippen molar-refractivity contribution in [3.05, 3.63) is 65.2 Å². The maximum Gasteiger partial charge on any atom is 0.337 e. The quantitative estimate of drug-likeness (QED) is 0.817. The molecule has 0 saturated heterocycles. The monoisotopic (exact) mass is 296 g/mol. The van der Waals surface area contributed by atoms with Crippen molar-refractivity contribution in [3.8, 4) is 5.75 Å². The van der Waals surface area contributed by atoms with E-state index in [2.05, 4.69) is 4.74 Å². The second kappa shape index (κ2) is 6.02. The van der Waals surface area contributed by atoms with Gasteiger partial charge in [-0.25, -0.2) is 4.79 Å². The van der Waals surface area contributed by atoms with Gasteiger partial charge >= 0.3 is 5.97 Å². The summed E-state index contributed by atoms with van der Waals surface area (Å²) in [5.74, 6) is 0.0692. The fourth-order valence-electron chi connectivity index (χ4n) is 2.62. The van der Waals surface area contributed by atoms with Gasteiger partial charge in [0.15, 0.2) is 5.78 Å². The molecular weight excluding hydrogens is 280 g/mol. The Kier molecular flexibility index (Phi) is 3.92. The van der Waals surface area contributed by atoms with E-state index >= 15 is 0 Å². The molecule has 1 atom stereocenters. The highest BCUT2D eigenvalue weighted by Gasteiger charge is 2.27. The third kappa shape index (κ3) is 2.86. The molecule has 0 aliphatic carbocycles. The van der Waals surface area contributed by atoms with Crippen molar-refractivity contribution < 1.29 is 19.1 Å². The lowest BCUT2D eigenvalue weighted by molar-refractivity contribution is 0.0600. The zero-order valence-electron chi connectivity index (χ0n) is 12.2. The molecule has 1 unspecified atom stereocenters. The smallest absolute Gasteiger partial charge is 0.337 e. The number of carbonyl (C=O) groups is 2. The number of methoxy groups -OCH3 is 1. The summed E-state index contributed by atoms with van der Waals surface area (Å²) in [6.45, 7) is 0.